The number of nitrogens with zero attached hydrogens (tertiary/aromatic N) is 1. The normalized spacial score (nSPS) is 11.7. The van der Waals surface area contributed by atoms with Crippen LogP contribution in [0, 0.1) is 0 Å². The van der Waals surface area contributed by atoms with E-state index in [2.05, 4.69) is 15.0 Å². The first-order chi connectivity index (χ1) is 12.0. The molecule has 7 heteroatoms. The zero-order valence-corrected chi connectivity index (χ0v) is 14.2. The van der Waals surface area contributed by atoms with Crippen LogP contribution in [0.2, 0.25) is 0 Å². The van der Waals surface area contributed by atoms with Crippen molar-refractivity contribution < 1.29 is 13.2 Å². The average Bonchev–Trinajstić information content (AvgIpc) is 2.60. The number of aromatic nitrogens is 1. The molecule has 0 bridgehead atoms. The predicted molar refractivity (Wildman–Crippen MR) is 95.4 cm³/mol. The van der Waals surface area contributed by atoms with E-state index in [4.69, 9.17) is 0 Å². The van der Waals surface area contributed by atoms with Gasteiger partial charge in [0.25, 0.3) is 0 Å². The van der Waals surface area contributed by atoms with Crippen molar-refractivity contribution in [1.82, 2.24) is 10.3 Å². The summed E-state index contributed by atoms with van der Waals surface area (Å²) >= 11 is 1.25. The summed E-state index contributed by atoms with van der Waals surface area (Å²) in [6.45, 7) is 0.663. The number of pyridine rings is 1. The third-order valence-electron chi connectivity index (χ3n) is 3.60. The number of hydrogen-bond donors (Lipinski definition) is 2. The van der Waals surface area contributed by atoms with E-state index >= 15 is 0 Å². The quantitative estimate of drug-likeness (QED) is 0.619. The number of anilines is 1. The van der Waals surface area contributed by atoms with E-state index in [0.717, 1.165) is 34.4 Å². The minimum absolute atomic E-state index is 0.652. The minimum Gasteiger partial charge on any atom is -0.324 e. The topological polar surface area (TPSA) is 37.0 Å². The highest BCUT2D eigenvalue weighted by Crippen LogP contribution is 2.32. The van der Waals surface area contributed by atoms with Crippen molar-refractivity contribution in [3.8, 4) is 0 Å². The van der Waals surface area contributed by atoms with Gasteiger partial charge >= 0.3 is 6.18 Å². The Labute approximate surface area is 147 Å². The second kappa shape index (κ2) is 7.33. The van der Waals surface area contributed by atoms with Crippen molar-refractivity contribution in [2.24, 2.45) is 0 Å². The van der Waals surface area contributed by atoms with Crippen molar-refractivity contribution in [2.75, 3.05) is 11.8 Å². The van der Waals surface area contributed by atoms with E-state index in [1.807, 2.05) is 37.4 Å². The molecule has 0 saturated heterocycles. The van der Waals surface area contributed by atoms with Crippen LogP contribution >= 0.6 is 11.9 Å². The Balaban J connectivity index is 1.79. The number of nitrogens with one attached hydrogen (secondary N) is 2. The maximum Gasteiger partial charge on any atom is 0.416 e. The third kappa shape index (κ3) is 4.24. The van der Waals surface area contributed by atoms with Gasteiger partial charge in [-0.3, -0.25) is 0 Å². The molecule has 0 radical (unpaired) electrons. The van der Waals surface area contributed by atoms with Gasteiger partial charge in [0.2, 0.25) is 0 Å². The summed E-state index contributed by atoms with van der Waals surface area (Å²) in [5.41, 5.74) is 1.92. The van der Waals surface area contributed by atoms with E-state index in [-0.39, 0.29) is 0 Å². The fourth-order valence-electron chi connectivity index (χ4n) is 2.38. The molecule has 3 nitrogen and oxygen atoms in total. The van der Waals surface area contributed by atoms with Crippen molar-refractivity contribution in [3.05, 3.63) is 65.9 Å². The molecule has 2 aromatic carbocycles. The summed E-state index contributed by atoms with van der Waals surface area (Å²) in [4.78, 5) is 5.33. The molecule has 0 fully saturated rings. The largest absolute Gasteiger partial charge is 0.416 e. The molecule has 0 aliphatic carbocycles. The fourth-order valence-corrected chi connectivity index (χ4v) is 3.04. The van der Waals surface area contributed by atoms with Crippen molar-refractivity contribution in [1.29, 1.82) is 0 Å². The van der Waals surface area contributed by atoms with Crippen LogP contribution in [0.1, 0.15) is 11.3 Å². The van der Waals surface area contributed by atoms with Gasteiger partial charge in [-0.15, -0.1) is 0 Å². The van der Waals surface area contributed by atoms with Crippen LogP contribution in [0.15, 0.2) is 59.5 Å². The molecule has 25 heavy (non-hydrogen) atoms. The van der Waals surface area contributed by atoms with E-state index < -0.39 is 11.7 Å². The summed E-state index contributed by atoms with van der Waals surface area (Å²) in [6.07, 6.45) is -4.32. The van der Waals surface area contributed by atoms with Crippen molar-refractivity contribution in [2.45, 2.75) is 17.6 Å². The van der Waals surface area contributed by atoms with E-state index in [9.17, 15) is 13.2 Å². The molecule has 0 saturated carbocycles. The molecule has 2 N–H and O–H groups in total. The monoisotopic (exact) mass is 363 g/mol. The Kier molecular flexibility index (Phi) is 5.15. The van der Waals surface area contributed by atoms with Crippen LogP contribution in [0.25, 0.3) is 10.9 Å². The maximum absolute atomic E-state index is 12.6. The molecular formula is C18H16F3N3S. The van der Waals surface area contributed by atoms with Gasteiger partial charge in [-0.1, -0.05) is 18.2 Å². The Morgan fingerprint density at radius 2 is 1.76 bits per heavy atom. The molecule has 0 aliphatic heterocycles. The Morgan fingerprint density at radius 3 is 2.44 bits per heavy atom. The second-order valence-electron chi connectivity index (χ2n) is 5.44. The highest BCUT2D eigenvalue weighted by atomic mass is 32.2. The molecule has 0 aliphatic rings. The molecule has 130 valence electrons. The number of fused-ring (bicyclic) bond motifs is 1. The van der Waals surface area contributed by atoms with E-state index in [1.54, 1.807) is 0 Å². The molecule has 3 aromatic rings. The molecule has 0 unspecified atom stereocenters. The maximum atomic E-state index is 12.6. The molecule has 0 atom stereocenters. The van der Waals surface area contributed by atoms with Gasteiger partial charge in [-0.25, -0.2) is 4.98 Å². The standard InChI is InChI=1S/C18H16F3N3S/c1-22-11-14-8-5-12-3-2-4-16(17(12)23-14)24-25-15-9-6-13(7-10-15)18(19,20)21/h2-10,22,24H,11H2,1H3. The van der Waals surface area contributed by atoms with Crippen molar-refractivity contribution in [3.63, 3.8) is 0 Å². The van der Waals surface area contributed by atoms with E-state index in [0.29, 0.717) is 11.4 Å². The van der Waals surface area contributed by atoms with Crippen LogP contribution in [-0.4, -0.2) is 12.0 Å². The molecule has 1 heterocycles. The molecule has 0 amide bonds. The number of para-hydroxylation sites is 1. The Hall–Kier alpha value is -2.25. The fraction of sp³-hybridized carbons (Fsp3) is 0.167. The Morgan fingerprint density at radius 1 is 1.00 bits per heavy atom. The smallest absolute Gasteiger partial charge is 0.324 e. The highest BCUT2D eigenvalue weighted by molar-refractivity contribution is 8.00. The number of hydrogen-bond acceptors (Lipinski definition) is 4. The lowest BCUT2D eigenvalue weighted by Gasteiger charge is -2.11. The molecular weight excluding hydrogens is 347 g/mol. The first kappa shape index (κ1) is 17.6. The van der Waals surface area contributed by atoms with Gasteiger partial charge in [0, 0.05) is 16.8 Å². The number of halogens is 3. The third-order valence-corrected chi connectivity index (χ3v) is 4.43. The summed E-state index contributed by atoms with van der Waals surface area (Å²) < 4.78 is 41.0. The lowest BCUT2D eigenvalue weighted by Crippen LogP contribution is -2.07. The Bertz CT molecular complexity index is 864. The second-order valence-corrected chi connectivity index (χ2v) is 6.32. The van der Waals surface area contributed by atoms with Gasteiger partial charge < -0.3 is 10.0 Å². The molecule has 3 rings (SSSR count). The lowest BCUT2D eigenvalue weighted by molar-refractivity contribution is -0.137. The van der Waals surface area contributed by atoms with Gasteiger partial charge in [0.1, 0.15) is 0 Å². The highest BCUT2D eigenvalue weighted by Gasteiger charge is 2.29. The molecule has 0 spiro atoms. The van der Waals surface area contributed by atoms with Gasteiger partial charge in [0.05, 0.1) is 22.5 Å². The van der Waals surface area contributed by atoms with Crippen LogP contribution in [0.4, 0.5) is 18.9 Å². The summed E-state index contributed by atoms with van der Waals surface area (Å²) in [6, 6.07) is 14.8. The van der Waals surface area contributed by atoms with Crippen LogP contribution < -0.4 is 10.0 Å². The zero-order valence-electron chi connectivity index (χ0n) is 13.4. The van der Waals surface area contributed by atoms with Crippen molar-refractivity contribution >= 4 is 28.5 Å². The SMILES string of the molecule is CNCc1ccc2cccc(NSc3ccc(C(F)(F)F)cc3)c2n1. The molecule has 1 aromatic heterocycles. The predicted octanol–water partition coefficient (Wildman–Crippen LogP) is 5.09. The van der Waals surface area contributed by atoms with E-state index in [1.165, 1.54) is 24.1 Å². The lowest BCUT2D eigenvalue weighted by atomic mass is 10.2. The van der Waals surface area contributed by atoms with Crippen LogP contribution in [-0.2, 0) is 12.7 Å². The number of alkyl halides is 3. The zero-order chi connectivity index (χ0) is 17.9. The van der Waals surface area contributed by atoms with Gasteiger partial charge in [0.15, 0.2) is 0 Å². The first-order valence-electron chi connectivity index (χ1n) is 7.61. The summed E-state index contributed by atoms with van der Waals surface area (Å²) in [5.74, 6) is 0. The minimum atomic E-state index is -4.32. The average molecular weight is 363 g/mol. The van der Waals surface area contributed by atoms with Gasteiger partial charge in [-0.05, 0) is 55.4 Å². The number of rotatable bonds is 5. The number of benzene rings is 2. The summed E-state index contributed by atoms with van der Waals surface area (Å²) in [7, 11) is 1.86. The van der Waals surface area contributed by atoms with Crippen LogP contribution in [0.3, 0.4) is 0 Å². The van der Waals surface area contributed by atoms with Crippen LogP contribution in [0.5, 0.6) is 0 Å². The van der Waals surface area contributed by atoms with Gasteiger partial charge in [-0.2, -0.15) is 13.2 Å². The first-order valence-corrected chi connectivity index (χ1v) is 8.42. The summed E-state index contributed by atoms with van der Waals surface area (Å²) in [5, 5.41) is 4.06.